The third-order valence-corrected chi connectivity index (χ3v) is 3.02. The Morgan fingerprint density at radius 1 is 1.45 bits per heavy atom. The van der Waals surface area contributed by atoms with Crippen LogP contribution < -0.4 is 10.6 Å². The molecule has 2 N–H and O–H groups in total. The molecule has 20 heavy (non-hydrogen) atoms. The summed E-state index contributed by atoms with van der Waals surface area (Å²) in [6.45, 7) is 2.36. The number of carbonyl (C=O) groups excluding carboxylic acids is 1. The van der Waals surface area contributed by atoms with Gasteiger partial charge >= 0.3 is 0 Å². The zero-order valence-electron chi connectivity index (χ0n) is 11.2. The molecule has 0 bridgehead atoms. The molecule has 1 aromatic heterocycles. The Morgan fingerprint density at radius 2 is 2.25 bits per heavy atom. The van der Waals surface area contributed by atoms with E-state index in [1.807, 2.05) is 6.92 Å². The summed E-state index contributed by atoms with van der Waals surface area (Å²) < 4.78 is 5.07. The maximum absolute atomic E-state index is 11.5. The van der Waals surface area contributed by atoms with E-state index >= 15 is 0 Å². The number of hydrogen-bond donors (Lipinski definition) is 2. The van der Waals surface area contributed by atoms with Gasteiger partial charge < -0.3 is 15.2 Å². The van der Waals surface area contributed by atoms with Gasteiger partial charge in [0.05, 0.1) is 17.1 Å². The van der Waals surface area contributed by atoms with Crippen molar-refractivity contribution in [3.05, 3.63) is 40.5 Å². The molecule has 1 aromatic carbocycles. The van der Waals surface area contributed by atoms with E-state index < -0.39 is 0 Å². The van der Waals surface area contributed by atoms with Gasteiger partial charge in [0.15, 0.2) is 5.82 Å². The highest BCUT2D eigenvalue weighted by Gasteiger charge is 2.09. The molecule has 0 aliphatic carbocycles. The molecule has 1 amide bonds. The summed E-state index contributed by atoms with van der Waals surface area (Å²) in [5.41, 5.74) is 1.21. The first-order valence-corrected chi connectivity index (χ1v) is 6.58. The van der Waals surface area contributed by atoms with Crippen LogP contribution in [0.4, 0.5) is 5.69 Å². The van der Waals surface area contributed by atoms with Crippen molar-refractivity contribution in [2.24, 2.45) is 0 Å². The molecular weight excluding hydrogens is 280 g/mol. The maximum Gasteiger partial charge on any atom is 0.252 e. The van der Waals surface area contributed by atoms with E-state index in [1.54, 1.807) is 25.2 Å². The van der Waals surface area contributed by atoms with Gasteiger partial charge in [0.1, 0.15) is 0 Å². The predicted molar refractivity (Wildman–Crippen MR) is 75.8 cm³/mol. The van der Waals surface area contributed by atoms with Gasteiger partial charge in [-0.05, 0) is 18.2 Å². The van der Waals surface area contributed by atoms with E-state index in [4.69, 9.17) is 16.1 Å². The van der Waals surface area contributed by atoms with Crippen molar-refractivity contribution < 1.29 is 9.32 Å². The van der Waals surface area contributed by atoms with E-state index in [9.17, 15) is 4.79 Å². The monoisotopic (exact) mass is 294 g/mol. The second-order valence-corrected chi connectivity index (χ2v) is 4.49. The first kappa shape index (κ1) is 14.3. The zero-order chi connectivity index (χ0) is 14.5. The molecule has 0 spiro atoms. The van der Waals surface area contributed by atoms with Crippen molar-refractivity contribution in [2.75, 3.05) is 12.4 Å². The molecule has 6 nitrogen and oxygen atoms in total. The quantitative estimate of drug-likeness (QED) is 0.884. The van der Waals surface area contributed by atoms with Gasteiger partial charge in [-0.1, -0.05) is 23.7 Å². The summed E-state index contributed by atoms with van der Waals surface area (Å²) in [6.07, 6.45) is 0.732. The Labute approximate surface area is 121 Å². The minimum atomic E-state index is -0.217. The smallest absolute Gasteiger partial charge is 0.252 e. The Balaban J connectivity index is 2.03. The normalized spacial score (nSPS) is 10.3. The van der Waals surface area contributed by atoms with Crippen LogP contribution in [0.15, 0.2) is 22.7 Å². The van der Waals surface area contributed by atoms with E-state index in [2.05, 4.69) is 20.8 Å². The van der Waals surface area contributed by atoms with Gasteiger partial charge in [-0.2, -0.15) is 4.98 Å². The number of rotatable bonds is 5. The van der Waals surface area contributed by atoms with Crippen molar-refractivity contribution in [2.45, 2.75) is 19.9 Å². The summed E-state index contributed by atoms with van der Waals surface area (Å²) >= 11 is 6.06. The highest BCUT2D eigenvalue weighted by atomic mass is 35.5. The summed E-state index contributed by atoms with van der Waals surface area (Å²) in [5, 5.41) is 9.83. The number of carbonyl (C=O) groups is 1. The van der Waals surface area contributed by atoms with Gasteiger partial charge in [0.25, 0.3) is 5.91 Å². The Bertz CT molecular complexity index is 612. The summed E-state index contributed by atoms with van der Waals surface area (Å²) in [7, 11) is 1.56. The zero-order valence-corrected chi connectivity index (χ0v) is 12.0. The molecule has 0 aliphatic heterocycles. The van der Waals surface area contributed by atoms with Crippen molar-refractivity contribution in [3.63, 3.8) is 0 Å². The molecular formula is C13H15ClN4O2. The molecule has 2 rings (SSSR count). The molecule has 2 aromatic rings. The predicted octanol–water partition coefficient (Wildman–Crippen LogP) is 2.26. The lowest BCUT2D eigenvalue weighted by atomic mass is 10.2. The van der Waals surface area contributed by atoms with Crippen molar-refractivity contribution in [3.8, 4) is 0 Å². The number of nitrogens with zero attached hydrogens (tertiary/aromatic N) is 2. The maximum atomic E-state index is 11.5. The number of aromatic nitrogens is 2. The van der Waals surface area contributed by atoms with Gasteiger partial charge in [0.2, 0.25) is 5.89 Å². The Hall–Kier alpha value is -2.08. The largest absolute Gasteiger partial charge is 0.376 e. The van der Waals surface area contributed by atoms with Gasteiger partial charge in [-0.25, -0.2) is 0 Å². The fourth-order valence-electron chi connectivity index (χ4n) is 1.63. The average Bonchev–Trinajstić information content (AvgIpc) is 2.92. The molecule has 0 atom stereocenters. The molecule has 0 radical (unpaired) electrons. The van der Waals surface area contributed by atoms with Gasteiger partial charge in [-0.15, -0.1) is 0 Å². The first-order chi connectivity index (χ1) is 9.63. The van der Waals surface area contributed by atoms with E-state index in [0.717, 1.165) is 12.1 Å². The topological polar surface area (TPSA) is 80.0 Å². The molecule has 0 aliphatic rings. The number of hydrogen-bond acceptors (Lipinski definition) is 5. The average molecular weight is 295 g/mol. The second-order valence-electron chi connectivity index (χ2n) is 4.09. The fraction of sp³-hybridized carbons (Fsp3) is 0.308. The molecule has 1 heterocycles. The number of nitrogens with one attached hydrogen (secondary N) is 2. The molecule has 0 saturated carbocycles. The van der Waals surface area contributed by atoms with Crippen LogP contribution in [0.1, 0.15) is 29.0 Å². The number of anilines is 1. The highest BCUT2D eigenvalue weighted by molar-refractivity contribution is 6.34. The van der Waals surface area contributed by atoms with Crippen LogP contribution in [0, 0.1) is 0 Å². The van der Waals surface area contributed by atoms with Crippen LogP contribution in [0.5, 0.6) is 0 Å². The summed E-state index contributed by atoms with van der Waals surface area (Å²) in [6, 6.07) is 5.12. The fourth-order valence-corrected chi connectivity index (χ4v) is 1.89. The minimum Gasteiger partial charge on any atom is -0.376 e. The number of halogens is 1. The standard InChI is InChI=1S/C13H15ClN4O2/c1-3-11-17-12(20-18-11)7-16-8-4-5-9(10(14)6-8)13(19)15-2/h4-6,16H,3,7H2,1-2H3,(H,15,19). The van der Waals surface area contributed by atoms with Crippen molar-refractivity contribution in [1.82, 2.24) is 15.5 Å². The molecule has 0 fully saturated rings. The SMILES string of the molecule is CCc1noc(CNc2ccc(C(=O)NC)c(Cl)c2)n1. The third-order valence-electron chi connectivity index (χ3n) is 2.71. The lowest BCUT2D eigenvalue weighted by Crippen LogP contribution is -2.18. The van der Waals surface area contributed by atoms with Gasteiger partial charge in [0, 0.05) is 19.2 Å². The van der Waals surface area contributed by atoms with Crippen LogP contribution in [0.25, 0.3) is 0 Å². The second kappa shape index (κ2) is 6.38. The highest BCUT2D eigenvalue weighted by Crippen LogP contribution is 2.21. The third kappa shape index (κ3) is 3.27. The lowest BCUT2D eigenvalue weighted by Gasteiger charge is -2.07. The summed E-state index contributed by atoms with van der Waals surface area (Å²) in [5.74, 6) is 0.967. The number of aryl methyl sites for hydroxylation is 1. The molecule has 106 valence electrons. The van der Waals surface area contributed by atoms with E-state index in [-0.39, 0.29) is 5.91 Å². The molecule has 7 heteroatoms. The van der Waals surface area contributed by atoms with Crippen LogP contribution in [-0.2, 0) is 13.0 Å². The van der Waals surface area contributed by atoms with Crippen molar-refractivity contribution in [1.29, 1.82) is 0 Å². The van der Waals surface area contributed by atoms with E-state index in [0.29, 0.717) is 28.8 Å². The lowest BCUT2D eigenvalue weighted by molar-refractivity contribution is 0.0963. The molecule has 0 saturated heterocycles. The number of amides is 1. The Morgan fingerprint density at radius 3 is 2.85 bits per heavy atom. The molecule has 0 unspecified atom stereocenters. The summed E-state index contributed by atoms with van der Waals surface area (Å²) in [4.78, 5) is 15.7. The van der Waals surface area contributed by atoms with Gasteiger partial charge in [-0.3, -0.25) is 4.79 Å². The van der Waals surface area contributed by atoms with Crippen LogP contribution >= 0.6 is 11.6 Å². The minimum absolute atomic E-state index is 0.217. The van der Waals surface area contributed by atoms with E-state index in [1.165, 1.54) is 0 Å². The van der Waals surface area contributed by atoms with Crippen LogP contribution in [-0.4, -0.2) is 23.1 Å². The van der Waals surface area contributed by atoms with Crippen LogP contribution in [0.2, 0.25) is 5.02 Å². The first-order valence-electron chi connectivity index (χ1n) is 6.21. The number of benzene rings is 1. The van der Waals surface area contributed by atoms with Crippen LogP contribution in [0.3, 0.4) is 0 Å². The van der Waals surface area contributed by atoms with Crippen molar-refractivity contribution >= 4 is 23.2 Å². The Kier molecular flexibility index (Phi) is 4.57.